The van der Waals surface area contributed by atoms with E-state index in [9.17, 15) is 43.7 Å². The number of nitrogens with one attached hydrogen (secondary N) is 6. The summed E-state index contributed by atoms with van der Waals surface area (Å²) in [7, 11) is 0. The van der Waals surface area contributed by atoms with Gasteiger partial charge in [0.1, 0.15) is 42.7 Å². The third-order valence-corrected chi connectivity index (χ3v) is 11.2. The summed E-state index contributed by atoms with van der Waals surface area (Å²) in [6, 6.07) is 22.5. The number of primary amides is 1. The second kappa shape index (κ2) is 26.1. The van der Waals surface area contributed by atoms with Gasteiger partial charge in [0.05, 0.1) is 4.92 Å². The molecule has 384 valence electrons. The Morgan fingerprint density at radius 2 is 1.28 bits per heavy atom. The molecular weight excluding hydrogens is 933 g/mol. The van der Waals surface area contributed by atoms with Gasteiger partial charge in [0.15, 0.2) is 0 Å². The van der Waals surface area contributed by atoms with Crippen molar-refractivity contribution >= 4 is 53.5 Å². The molecule has 0 radical (unpaired) electrons. The first-order valence-corrected chi connectivity index (χ1v) is 23.5. The molecule has 1 aliphatic carbocycles. The van der Waals surface area contributed by atoms with Crippen LogP contribution in [0, 0.1) is 16.0 Å². The maximum absolute atomic E-state index is 14.1. The van der Waals surface area contributed by atoms with E-state index in [1.807, 2.05) is 48.5 Å². The number of nitrogens with zero attached hydrogens (tertiary/aromatic N) is 1. The number of unbranched alkanes of at least 4 members (excludes halogenated alkanes) is 1. The van der Waals surface area contributed by atoms with Gasteiger partial charge in [-0.3, -0.25) is 24.5 Å². The highest BCUT2D eigenvalue weighted by atomic mass is 16.7. The number of carbonyl (C=O) groups is 7. The third kappa shape index (κ3) is 17.0. The summed E-state index contributed by atoms with van der Waals surface area (Å²) in [5.41, 5.74) is 9.31. The second-order valence-electron chi connectivity index (χ2n) is 18.2. The van der Waals surface area contributed by atoms with Gasteiger partial charge in [-0.2, -0.15) is 0 Å². The molecule has 0 saturated heterocycles. The number of hydrogen-bond donors (Lipinski definition) is 7. The molecule has 3 atom stereocenters. The number of hydrogen-bond acceptors (Lipinski definition) is 13. The fourth-order valence-corrected chi connectivity index (χ4v) is 7.68. The zero-order chi connectivity index (χ0) is 52.4. The van der Waals surface area contributed by atoms with E-state index in [-0.39, 0.29) is 62.9 Å². The summed E-state index contributed by atoms with van der Waals surface area (Å²) in [5, 5.41) is 27.0. The number of alkyl carbamates (subject to hydrolysis) is 2. The minimum Gasteiger partial charge on any atom is -0.449 e. The van der Waals surface area contributed by atoms with Crippen molar-refractivity contribution in [1.29, 1.82) is 0 Å². The van der Waals surface area contributed by atoms with E-state index in [0.717, 1.165) is 22.3 Å². The summed E-state index contributed by atoms with van der Waals surface area (Å²) < 4.78 is 21.3. The Kier molecular flexibility index (Phi) is 19.8. The monoisotopic (exact) mass is 994 g/mol. The predicted molar refractivity (Wildman–Crippen MR) is 265 cm³/mol. The molecule has 8 N–H and O–H groups in total. The lowest BCUT2D eigenvalue weighted by Crippen LogP contribution is -2.57. The Labute approximate surface area is 416 Å². The molecule has 0 unspecified atom stereocenters. The number of nitro benzene ring substituents is 1. The minimum absolute atomic E-state index is 0.00772. The maximum Gasteiger partial charge on any atom is 0.514 e. The first kappa shape index (κ1) is 54.7. The summed E-state index contributed by atoms with van der Waals surface area (Å²) in [5.74, 6) is -2.71. The van der Waals surface area contributed by atoms with Gasteiger partial charge in [-0.15, -0.1) is 0 Å². The van der Waals surface area contributed by atoms with E-state index >= 15 is 0 Å². The number of rotatable bonds is 23. The number of anilines is 1. The molecule has 72 heavy (non-hydrogen) atoms. The number of fused-ring (bicyclic) bond motifs is 3. The van der Waals surface area contributed by atoms with Crippen molar-refractivity contribution in [2.45, 2.75) is 103 Å². The molecule has 0 aliphatic heterocycles. The summed E-state index contributed by atoms with van der Waals surface area (Å²) >= 11 is 0. The maximum atomic E-state index is 14.1. The lowest BCUT2D eigenvalue weighted by molar-refractivity contribution is -0.384. The molecule has 0 spiro atoms. The minimum atomic E-state index is -1.19. The molecule has 0 saturated carbocycles. The lowest BCUT2D eigenvalue weighted by Gasteiger charge is -2.27. The van der Waals surface area contributed by atoms with E-state index in [1.54, 1.807) is 58.9 Å². The Hall–Kier alpha value is -8.23. The molecule has 1 aliphatic rings. The molecule has 4 aromatic rings. The Bertz CT molecular complexity index is 2500. The Balaban J connectivity index is 1.22. The van der Waals surface area contributed by atoms with Crippen LogP contribution in [-0.2, 0) is 35.2 Å². The molecule has 7 amide bonds. The standard InChI is InChI=1S/C51H62N8O13/c1-31(2)43(46(62)56-41(18-12-28-53-47(52)63)44(60)55-33-21-19-32(20-22-33)29-70-50(66)71-35-25-23-34(24-26-35)59(67)68)58-45(61)42(17-10-11-27-54-48(64)72-51(3,4)5)57-49(65)69-30-40-38-15-8-6-13-36(38)37-14-7-9-16-39(37)40/h6-9,13-16,19-26,31,40-43H,10-12,17-18,27-30H2,1-5H3,(H,54,64)(H,55,60)(H,56,62)(H,57,65)(H,58,61)(H3,52,53,63)/t41-,42-,43-/m0/s1. The highest BCUT2D eigenvalue weighted by Gasteiger charge is 2.33. The van der Waals surface area contributed by atoms with E-state index in [2.05, 4.69) is 31.9 Å². The van der Waals surface area contributed by atoms with Gasteiger partial charge < -0.3 is 56.6 Å². The third-order valence-electron chi connectivity index (χ3n) is 11.2. The van der Waals surface area contributed by atoms with E-state index in [4.69, 9.17) is 24.7 Å². The molecule has 0 fully saturated rings. The predicted octanol–water partition coefficient (Wildman–Crippen LogP) is 6.93. The van der Waals surface area contributed by atoms with Crippen molar-refractivity contribution < 1.29 is 57.4 Å². The number of non-ortho nitro benzene ring substituents is 1. The molecule has 21 heteroatoms. The van der Waals surface area contributed by atoms with Crippen LogP contribution in [0.5, 0.6) is 5.75 Å². The molecule has 0 bridgehead atoms. The average molecular weight is 995 g/mol. The van der Waals surface area contributed by atoms with Crippen LogP contribution in [-0.4, -0.2) is 90.4 Å². The SMILES string of the molecule is CC(C)[C@H](NC(=O)[C@H](CCCCNC(=O)OC(C)(C)C)NC(=O)OCC1c2ccccc2-c2ccccc21)C(=O)N[C@@H](CCCNC(N)=O)C(=O)Nc1ccc(COC(=O)Oc2ccc([N+](=O)[O-])cc2)cc1. The molecule has 0 heterocycles. The topological polar surface area (TPSA) is 298 Å². The zero-order valence-electron chi connectivity index (χ0n) is 40.8. The smallest absolute Gasteiger partial charge is 0.449 e. The number of nitrogens with two attached hydrogens (primary N) is 1. The van der Waals surface area contributed by atoms with Gasteiger partial charge in [-0.05, 0) is 111 Å². The van der Waals surface area contributed by atoms with Gasteiger partial charge in [0.2, 0.25) is 17.7 Å². The number of ether oxygens (including phenoxy) is 4. The second-order valence-corrected chi connectivity index (χ2v) is 18.2. The van der Waals surface area contributed by atoms with Crippen LogP contribution in [0.2, 0.25) is 0 Å². The molecule has 5 rings (SSSR count). The van der Waals surface area contributed by atoms with Crippen molar-refractivity contribution in [3.8, 4) is 16.9 Å². The summed E-state index contributed by atoms with van der Waals surface area (Å²) in [6.07, 6.45) is -1.34. The van der Waals surface area contributed by atoms with Crippen LogP contribution in [0.3, 0.4) is 0 Å². The van der Waals surface area contributed by atoms with Crippen LogP contribution < -0.4 is 42.4 Å². The van der Waals surface area contributed by atoms with E-state index < -0.39 is 76.7 Å². The van der Waals surface area contributed by atoms with Gasteiger partial charge in [0.25, 0.3) is 5.69 Å². The number of nitro groups is 1. The first-order valence-electron chi connectivity index (χ1n) is 23.5. The normalized spacial score (nSPS) is 12.9. The van der Waals surface area contributed by atoms with Gasteiger partial charge >= 0.3 is 24.4 Å². The molecule has 4 aromatic carbocycles. The van der Waals surface area contributed by atoms with Crippen molar-refractivity contribution in [2.75, 3.05) is 25.0 Å². The number of urea groups is 1. The highest BCUT2D eigenvalue weighted by Crippen LogP contribution is 2.44. The summed E-state index contributed by atoms with van der Waals surface area (Å²) in [6.45, 7) is 8.74. The fraction of sp³-hybridized carbons (Fsp3) is 0.392. The molecule has 0 aromatic heterocycles. The van der Waals surface area contributed by atoms with Crippen LogP contribution in [0.15, 0.2) is 97.1 Å². The number of carbonyl (C=O) groups excluding carboxylic acids is 7. The van der Waals surface area contributed by atoms with Crippen LogP contribution in [0.4, 0.5) is 30.6 Å². The van der Waals surface area contributed by atoms with Crippen LogP contribution in [0.1, 0.15) is 89.3 Å². The fourth-order valence-electron chi connectivity index (χ4n) is 7.68. The van der Waals surface area contributed by atoms with Crippen LogP contribution in [0.25, 0.3) is 11.1 Å². The number of amides is 7. The largest absolute Gasteiger partial charge is 0.514 e. The highest BCUT2D eigenvalue weighted by molar-refractivity contribution is 5.99. The van der Waals surface area contributed by atoms with Crippen LogP contribution >= 0.6 is 0 Å². The Morgan fingerprint density at radius 3 is 1.88 bits per heavy atom. The van der Waals surface area contributed by atoms with Gasteiger partial charge in [-0.1, -0.05) is 74.5 Å². The van der Waals surface area contributed by atoms with Crippen molar-refractivity contribution in [1.82, 2.24) is 26.6 Å². The summed E-state index contributed by atoms with van der Waals surface area (Å²) in [4.78, 5) is 102. The van der Waals surface area contributed by atoms with Crippen molar-refractivity contribution in [2.24, 2.45) is 11.7 Å². The Morgan fingerprint density at radius 1 is 0.681 bits per heavy atom. The van der Waals surface area contributed by atoms with Crippen molar-refractivity contribution in [3.05, 3.63) is 124 Å². The van der Waals surface area contributed by atoms with E-state index in [0.29, 0.717) is 24.1 Å². The van der Waals surface area contributed by atoms with E-state index in [1.165, 1.54) is 24.3 Å². The van der Waals surface area contributed by atoms with Gasteiger partial charge in [0, 0.05) is 36.8 Å². The zero-order valence-corrected chi connectivity index (χ0v) is 40.8. The van der Waals surface area contributed by atoms with Crippen molar-refractivity contribution in [3.63, 3.8) is 0 Å². The molecular formula is C51H62N8O13. The number of benzene rings is 4. The molecule has 21 nitrogen and oxygen atoms in total. The lowest BCUT2D eigenvalue weighted by atomic mass is 9.98. The first-order chi connectivity index (χ1) is 34.3. The quantitative estimate of drug-likeness (QED) is 0.00992. The average Bonchev–Trinajstić information content (AvgIpc) is 3.65. The van der Waals surface area contributed by atoms with Gasteiger partial charge in [-0.25, -0.2) is 19.2 Å².